The zero-order valence-electron chi connectivity index (χ0n) is 12.6. The van der Waals surface area contributed by atoms with E-state index in [9.17, 15) is 9.59 Å². The molecule has 0 aliphatic carbocycles. The number of carbonyl (C=O) groups excluding carboxylic acids is 1. The van der Waals surface area contributed by atoms with Crippen LogP contribution in [0.1, 0.15) is 17.4 Å². The van der Waals surface area contributed by atoms with Crippen LogP contribution in [0.5, 0.6) is 11.6 Å². The lowest BCUT2D eigenvalue weighted by atomic mass is 10.1. The Hall–Kier alpha value is -3.55. The Bertz CT molecular complexity index is 942. The number of amides is 1. The number of aromatic carboxylic acids is 1. The van der Waals surface area contributed by atoms with Crippen LogP contribution in [0.15, 0.2) is 42.7 Å². The molecule has 2 aromatic heterocycles. The number of pyridine rings is 1. The van der Waals surface area contributed by atoms with Gasteiger partial charge in [0.15, 0.2) is 5.69 Å². The van der Waals surface area contributed by atoms with Crippen molar-refractivity contribution in [3.63, 3.8) is 0 Å². The van der Waals surface area contributed by atoms with Crippen molar-refractivity contribution >= 4 is 28.6 Å². The minimum absolute atomic E-state index is 0.0194. The van der Waals surface area contributed by atoms with Gasteiger partial charge in [-0.05, 0) is 29.7 Å². The van der Waals surface area contributed by atoms with E-state index in [1.165, 1.54) is 19.3 Å². The summed E-state index contributed by atoms with van der Waals surface area (Å²) >= 11 is 0. The quantitative estimate of drug-likeness (QED) is 0.757. The van der Waals surface area contributed by atoms with Crippen molar-refractivity contribution in [3.8, 4) is 11.6 Å². The van der Waals surface area contributed by atoms with Crippen molar-refractivity contribution < 1.29 is 19.4 Å². The Labute approximate surface area is 136 Å². The van der Waals surface area contributed by atoms with Crippen LogP contribution in [0.4, 0.5) is 5.95 Å². The first-order valence-electron chi connectivity index (χ1n) is 6.93. The fraction of sp³-hybridized carbons (Fsp3) is 0.0625. The van der Waals surface area contributed by atoms with E-state index in [0.29, 0.717) is 16.5 Å². The molecule has 0 saturated carbocycles. The predicted octanol–water partition coefficient (Wildman–Crippen LogP) is 2.47. The van der Waals surface area contributed by atoms with Gasteiger partial charge in [-0.25, -0.2) is 14.8 Å². The maximum Gasteiger partial charge on any atom is 0.355 e. The highest BCUT2D eigenvalue weighted by molar-refractivity contribution is 6.01. The molecule has 0 spiro atoms. The van der Waals surface area contributed by atoms with E-state index in [-0.39, 0.29) is 23.4 Å². The number of fused-ring (bicyclic) bond motifs is 1. The number of carboxylic acid groups (broad SMARTS) is 1. The van der Waals surface area contributed by atoms with Crippen molar-refractivity contribution in [2.24, 2.45) is 0 Å². The number of carboxylic acids is 1. The van der Waals surface area contributed by atoms with Crippen molar-refractivity contribution in [1.82, 2.24) is 15.0 Å². The summed E-state index contributed by atoms with van der Waals surface area (Å²) in [6.07, 6.45) is 2.89. The van der Waals surface area contributed by atoms with Crippen molar-refractivity contribution in [2.75, 3.05) is 5.32 Å². The largest absolute Gasteiger partial charge is 0.476 e. The fourth-order valence-corrected chi connectivity index (χ4v) is 2.13. The molecule has 0 aliphatic heterocycles. The molecule has 8 nitrogen and oxygen atoms in total. The highest BCUT2D eigenvalue weighted by atomic mass is 16.5. The number of benzene rings is 1. The van der Waals surface area contributed by atoms with Crippen LogP contribution in [0.2, 0.25) is 0 Å². The lowest BCUT2D eigenvalue weighted by molar-refractivity contribution is -0.114. The first-order valence-corrected chi connectivity index (χ1v) is 6.93. The van der Waals surface area contributed by atoms with Gasteiger partial charge in [0.2, 0.25) is 17.7 Å². The molecule has 0 atom stereocenters. The zero-order chi connectivity index (χ0) is 17.1. The van der Waals surface area contributed by atoms with Gasteiger partial charge in [0.05, 0.1) is 0 Å². The Morgan fingerprint density at radius 3 is 2.67 bits per heavy atom. The smallest absolute Gasteiger partial charge is 0.355 e. The summed E-state index contributed by atoms with van der Waals surface area (Å²) in [5.74, 6) is -0.521. The molecule has 0 unspecified atom stereocenters. The van der Waals surface area contributed by atoms with Crippen LogP contribution in [-0.2, 0) is 4.79 Å². The van der Waals surface area contributed by atoms with Gasteiger partial charge in [-0.2, -0.15) is 4.98 Å². The van der Waals surface area contributed by atoms with Crippen LogP contribution in [0.25, 0.3) is 10.8 Å². The van der Waals surface area contributed by atoms with Gasteiger partial charge >= 0.3 is 5.97 Å². The van der Waals surface area contributed by atoms with Crippen molar-refractivity contribution in [1.29, 1.82) is 0 Å². The molecule has 0 bridgehead atoms. The number of hydrogen-bond acceptors (Lipinski definition) is 6. The van der Waals surface area contributed by atoms with Crippen LogP contribution < -0.4 is 10.1 Å². The van der Waals surface area contributed by atoms with Gasteiger partial charge in [-0.1, -0.05) is 0 Å². The molecule has 0 aliphatic rings. The molecule has 120 valence electrons. The third-order valence-electron chi connectivity index (χ3n) is 3.08. The van der Waals surface area contributed by atoms with E-state index in [1.54, 1.807) is 30.3 Å². The Kier molecular flexibility index (Phi) is 4.02. The molecule has 8 heteroatoms. The molecule has 24 heavy (non-hydrogen) atoms. The first kappa shape index (κ1) is 15.3. The van der Waals surface area contributed by atoms with Gasteiger partial charge in [-0.15, -0.1) is 0 Å². The number of carbonyl (C=O) groups is 2. The second-order valence-corrected chi connectivity index (χ2v) is 4.85. The van der Waals surface area contributed by atoms with Gasteiger partial charge in [-0.3, -0.25) is 10.1 Å². The molecule has 0 fully saturated rings. The minimum Gasteiger partial charge on any atom is -0.476 e. The summed E-state index contributed by atoms with van der Waals surface area (Å²) in [5.41, 5.74) is -0.0194. The van der Waals surface area contributed by atoms with Gasteiger partial charge in [0.25, 0.3) is 0 Å². The van der Waals surface area contributed by atoms with Crippen molar-refractivity contribution in [3.05, 3.63) is 48.4 Å². The van der Waals surface area contributed by atoms with E-state index in [0.717, 1.165) is 0 Å². The number of anilines is 1. The average molecular weight is 324 g/mol. The van der Waals surface area contributed by atoms with E-state index in [4.69, 9.17) is 9.84 Å². The number of nitrogens with zero attached hydrogens (tertiary/aromatic N) is 3. The lowest BCUT2D eigenvalue weighted by Gasteiger charge is -2.08. The highest BCUT2D eigenvalue weighted by Crippen LogP contribution is 2.26. The molecular formula is C16H12N4O4. The lowest BCUT2D eigenvalue weighted by Crippen LogP contribution is -2.09. The first-order chi connectivity index (χ1) is 11.5. The predicted molar refractivity (Wildman–Crippen MR) is 85.1 cm³/mol. The number of aromatic nitrogens is 3. The van der Waals surface area contributed by atoms with Gasteiger partial charge < -0.3 is 9.84 Å². The van der Waals surface area contributed by atoms with Crippen LogP contribution in [0.3, 0.4) is 0 Å². The topological polar surface area (TPSA) is 114 Å². The Morgan fingerprint density at radius 1 is 1.12 bits per heavy atom. The Morgan fingerprint density at radius 2 is 1.92 bits per heavy atom. The molecular weight excluding hydrogens is 312 g/mol. The second kappa shape index (κ2) is 6.29. The molecule has 0 radical (unpaired) electrons. The van der Waals surface area contributed by atoms with E-state index < -0.39 is 5.97 Å². The average Bonchev–Trinajstić information content (AvgIpc) is 2.53. The summed E-state index contributed by atoms with van der Waals surface area (Å²) < 4.78 is 5.64. The standard InChI is InChI=1S/C16H12N4O4/c1-9(21)19-16-18-7-5-13(20-16)24-11-2-3-12-10(8-11)4-6-17-14(12)15(22)23/h2-8H,1H3,(H,22,23)(H,18,19,20,21). The highest BCUT2D eigenvalue weighted by Gasteiger charge is 2.11. The third-order valence-corrected chi connectivity index (χ3v) is 3.08. The SMILES string of the molecule is CC(=O)Nc1nccc(Oc2ccc3c(C(=O)O)nccc3c2)n1. The number of nitrogens with one attached hydrogen (secondary N) is 1. The molecule has 2 N–H and O–H groups in total. The maximum absolute atomic E-state index is 11.2. The summed E-state index contributed by atoms with van der Waals surface area (Å²) in [6.45, 7) is 1.36. The molecule has 1 aromatic carbocycles. The zero-order valence-corrected chi connectivity index (χ0v) is 12.6. The Balaban J connectivity index is 1.91. The normalized spacial score (nSPS) is 10.4. The van der Waals surface area contributed by atoms with E-state index >= 15 is 0 Å². The maximum atomic E-state index is 11.2. The van der Waals surface area contributed by atoms with Gasteiger partial charge in [0.1, 0.15) is 5.75 Å². The number of hydrogen-bond donors (Lipinski definition) is 2. The molecule has 3 aromatic rings. The second-order valence-electron chi connectivity index (χ2n) is 4.85. The third kappa shape index (κ3) is 3.27. The van der Waals surface area contributed by atoms with Crippen LogP contribution >= 0.6 is 0 Å². The monoisotopic (exact) mass is 324 g/mol. The summed E-state index contributed by atoms with van der Waals surface area (Å²) in [7, 11) is 0. The summed E-state index contributed by atoms with van der Waals surface area (Å²) in [5, 5.41) is 12.8. The number of rotatable bonds is 4. The van der Waals surface area contributed by atoms with Gasteiger partial charge in [0, 0.05) is 30.8 Å². The van der Waals surface area contributed by atoms with Crippen LogP contribution in [0, 0.1) is 0 Å². The minimum atomic E-state index is -1.09. The van der Waals surface area contributed by atoms with E-state index in [2.05, 4.69) is 20.3 Å². The molecule has 2 heterocycles. The van der Waals surface area contributed by atoms with Crippen LogP contribution in [-0.4, -0.2) is 31.9 Å². The fourth-order valence-electron chi connectivity index (χ4n) is 2.13. The van der Waals surface area contributed by atoms with E-state index in [1.807, 2.05) is 0 Å². The molecule has 0 saturated heterocycles. The molecule has 1 amide bonds. The molecule has 3 rings (SSSR count). The summed E-state index contributed by atoms with van der Waals surface area (Å²) in [6, 6.07) is 8.17. The van der Waals surface area contributed by atoms with Crippen molar-refractivity contribution in [2.45, 2.75) is 6.92 Å². The number of ether oxygens (including phenoxy) is 1. The summed E-state index contributed by atoms with van der Waals surface area (Å²) in [4.78, 5) is 34.0.